The van der Waals surface area contributed by atoms with Gasteiger partial charge in [0.05, 0.1) is 42.9 Å². The van der Waals surface area contributed by atoms with Crippen LogP contribution in [0, 0.1) is 0 Å². The second kappa shape index (κ2) is 14.9. The number of benzene rings is 2. The molecule has 0 radical (unpaired) electrons. The zero-order chi connectivity index (χ0) is 29.9. The highest BCUT2D eigenvalue weighted by Crippen LogP contribution is 2.27. The van der Waals surface area contributed by atoms with E-state index in [1.165, 1.54) is 5.56 Å². The Kier molecular flexibility index (Phi) is 10.5. The lowest BCUT2D eigenvalue weighted by molar-refractivity contribution is -0.133. The number of carbonyl (C=O) groups is 3. The van der Waals surface area contributed by atoms with Crippen molar-refractivity contribution in [3.63, 3.8) is 0 Å². The molecule has 0 bridgehead atoms. The average Bonchev–Trinajstić information content (AvgIpc) is 3.48. The molecule has 1 aromatic heterocycles. The SMILES string of the molecule is O=C1CC2(CCN(Cc3ccccc3)CC2)NC(=O)COCCOCCNC(=O)C(Cc2cn(-c3ccccc3)nn2)N1. The van der Waals surface area contributed by atoms with Crippen LogP contribution in [0.1, 0.15) is 30.5 Å². The highest BCUT2D eigenvalue weighted by atomic mass is 16.5. The van der Waals surface area contributed by atoms with Crippen LogP contribution < -0.4 is 16.0 Å². The Morgan fingerprint density at radius 3 is 2.37 bits per heavy atom. The highest BCUT2D eigenvalue weighted by molar-refractivity contribution is 5.88. The fourth-order valence-electron chi connectivity index (χ4n) is 5.48. The number of hydrogen-bond donors (Lipinski definition) is 3. The van der Waals surface area contributed by atoms with Gasteiger partial charge in [-0.05, 0) is 30.5 Å². The molecule has 0 saturated carbocycles. The third-order valence-corrected chi connectivity index (χ3v) is 7.74. The van der Waals surface area contributed by atoms with Crippen molar-refractivity contribution in [2.24, 2.45) is 0 Å². The van der Waals surface area contributed by atoms with Gasteiger partial charge in [-0.15, -0.1) is 5.10 Å². The number of amides is 3. The van der Waals surface area contributed by atoms with E-state index in [9.17, 15) is 14.4 Å². The second-order valence-corrected chi connectivity index (χ2v) is 11.0. The van der Waals surface area contributed by atoms with Gasteiger partial charge in [-0.25, -0.2) is 4.68 Å². The van der Waals surface area contributed by atoms with Crippen molar-refractivity contribution in [2.45, 2.75) is 43.8 Å². The van der Waals surface area contributed by atoms with Crippen LogP contribution in [0.5, 0.6) is 0 Å². The fourth-order valence-corrected chi connectivity index (χ4v) is 5.48. The van der Waals surface area contributed by atoms with Crippen molar-refractivity contribution in [1.82, 2.24) is 35.8 Å². The molecule has 43 heavy (non-hydrogen) atoms. The number of rotatable bonds is 5. The van der Waals surface area contributed by atoms with E-state index in [0.29, 0.717) is 38.2 Å². The minimum Gasteiger partial charge on any atom is -0.377 e. The van der Waals surface area contributed by atoms with Gasteiger partial charge in [0, 0.05) is 39.0 Å². The molecule has 12 nitrogen and oxygen atoms in total. The molecular weight excluding hydrogens is 550 g/mol. The first kappa shape index (κ1) is 30.3. The van der Waals surface area contributed by atoms with Crippen molar-refractivity contribution >= 4 is 17.7 Å². The summed E-state index contributed by atoms with van der Waals surface area (Å²) >= 11 is 0. The molecule has 3 amide bonds. The van der Waals surface area contributed by atoms with Crippen molar-refractivity contribution in [2.75, 3.05) is 46.1 Å². The van der Waals surface area contributed by atoms with Crippen LogP contribution in [-0.4, -0.2) is 95.3 Å². The molecule has 228 valence electrons. The van der Waals surface area contributed by atoms with Crippen molar-refractivity contribution in [3.05, 3.63) is 78.1 Å². The van der Waals surface area contributed by atoms with E-state index in [2.05, 4.69) is 43.3 Å². The van der Waals surface area contributed by atoms with Crippen LogP contribution >= 0.6 is 0 Å². The van der Waals surface area contributed by atoms with Gasteiger partial charge in [-0.1, -0.05) is 53.7 Å². The molecule has 3 heterocycles. The number of ether oxygens (including phenoxy) is 2. The van der Waals surface area contributed by atoms with Gasteiger partial charge >= 0.3 is 0 Å². The highest BCUT2D eigenvalue weighted by Gasteiger charge is 2.39. The van der Waals surface area contributed by atoms with Crippen molar-refractivity contribution in [1.29, 1.82) is 0 Å². The monoisotopic (exact) mass is 589 g/mol. The maximum atomic E-state index is 13.5. The van der Waals surface area contributed by atoms with Crippen LogP contribution in [0.4, 0.5) is 0 Å². The van der Waals surface area contributed by atoms with Gasteiger partial charge < -0.3 is 25.4 Å². The smallest absolute Gasteiger partial charge is 0.246 e. The molecule has 12 heteroatoms. The number of piperidine rings is 1. The maximum Gasteiger partial charge on any atom is 0.246 e. The summed E-state index contributed by atoms with van der Waals surface area (Å²) in [4.78, 5) is 42.0. The van der Waals surface area contributed by atoms with Gasteiger partial charge in [-0.3, -0.25) is 19.3 Å². The standard InChI is InChI=1S/C31H39N7O5/c39-28-20-31(11-14-37(15-12-31)21-24-7-3-1-4-8-24)34-29(40)23-43-18-17-42-16-13-32-30(41)27(33-28)19-25-22-38(36-35-25)26-9-5-2-6-10-26/h1-10,22,27H,11-21,23H2,(H,32,41)(H,33,39)(H,34,40). The van der Waals surface area contributed by atoms with Crippen LogP contribution in [0.15, 0.2) is 66.9 Å². The summed E-state index contributed by atoms with van der Waals surface area (Å²) in [5, 5.41) is 17.3. The number of para-hydroxylation sites is 1. The average molecular weight is 590 g/mol. The number of likely N-dealkylation sites (tertiary alicyclic amines) is 1. The first-order valence-electron chi connectivity index (χ1n) is 14.7. The van der Waals surface area contributed by atoms with Crippen molar-refractivity contribution in [3.8, 4) is 5.69 Å². The zero-order valence-corrected chi connectivity index (χ0v) is 24.2. The van der Waals surface area contributed by atoms with Gasteiger partial charge in [0.25, 0.3) is 0 Å². The molecule has 3 N–H and O–H groups in total. The molecular formula is C31H39N7O5. The first-order chi connectivity index (χ1) is 21.0. The number of nitrogens with one attached hydrogen (secondary N) is 3. The second-order valence-electron chi connectivity index (χ2n) is 11.0. The third kappa shape index (κ3) is 8.93. The fraction of sp³-hybridized carbons (Fsp3) is 0.452. The number of hydrogen-bond acceptors (Lipinski definition) is 8. The molecule has 2 aliphatic heterocycles. The summed E-state index contributed by atoms with van der Waals surface area (Å²) in [7, 11) is 0. The molecule has 2 aromatic carbocycles. The largest absolute Gasteiger partial charge is 0.377 e. The molecule has 3 aromatic rings. The molecule has 1 atom stereocenters. The Balaban J connectivity index is 1.29. The molecule has 1 unspecified atom stereocenters. The Hall–Kier alpha value is -4.13. The normalized spacial score (nSPS) is 21.1. The van der Waals surface area contributed by atoms with Crippen LogP contribution in [0.3, 0.4) is 0 Å². The molecule has 0 aliphatic carbocycles. The Morgan fingerprint density at radius 1 is 0.884 bits per heavy atom. The quantitative estimate of drug-likeness (QED) is 0.401. The summed E-state index contributed by atoms with van der Waals surface area (Å²) in [6, 6.07) is 18.9. The van der Waals surface area contributed by atoms with Gasteiger partial charge in [-0.2, -0.15) is 0 Å². The lowest BCUT2D eigenvalue weighted by Crippen LogP contribution is -2.59. The zero-order valence-electron chi connectivity index (χ0n) is 24.2. The minimum absolute atomic E-state index is 0.0432. The maximum absolute atomic E-state index is 13.5. The molecule has 5 rings (SSSR count). The number of aromatic nitrogens is 3. The summed E-state index contributed by atoms with van der Waals surface area (Å²) in [6.45, 7) is 3.19. The summed E-state index contributed by atoms with van der Waals surface area (Å²) < 4.78 is 12.7. The van der Waals surface area contributed by atoms with Crippen LogP contribution in [-0.2, 0) is 36.8 Å². The van der Waals surface area contributed by atoms with Gasteiger partial charge in [0.15, 0.2) is 0 Å². The summed E-state index contributed by atoms with van der Waals surface area (Å²) in [5.74, 6) is -0.940. The lowest BCUT2D eigenvalue weighted by atomic mass is 9.83. The van der Waals surface area contributed by atoms with E-state index in [1.807, 2.05) is 48.5 Å². The van der Waals surface area contributed by atoms with Gasteiger partial charge in [0.2, 0.25) is 17.7 Å². The van der Waals surface area contributed by atoms with E-state index in [0.717, 1.165) is 12.2 Å². The summed E-state index contributed by atoms with van der Waals surface area (Å²) in [6.07, 6.45) is 3.13. The van der Waals surface area contributed by atoms with E-state index in [4.69, 9.17) is 9.47 Å². The summed E-state index contributed by atoms with van der Waals surface area (Å²) in [5.41, 5.74) is 1.85. The van der Waals surface area contributed by atoms with Crippen LogP contribution in [0.2, 0.25) is 0 Å². The molecule has 2 aliphatic rings. The van der Waals surface area contributed by atoms with Gasteiger partial charge in [0.1, 0.15) is 12.6 Å². The number of nitrogens with zero attached hydrogens (tertiary/aromatic N) is 4. The molecule has 2 saturated heterocycles. The lowest BCUT2D eigenvalue weighted by Gasteiger charge is -2.42. The van der Waals surface area contributed by atoms with Crippen molar-refractivity contribution < 1.29 is 23.9 Å². The minimum atomic E-state index is -0.879. The molecule has 1 spiro atoms. The van der Waals surface area contributed by atoms with E-state index in [1.54, 1.807) is 10.9 Å². The Bertz CT molecular complexity index is 1340. The Labute approximate surface area is 251 Å². The van der Waals surface area contributed by atoms with E-state index in [-0.39, 0.29) is 56.9 Å². The predicted octanol–water partition coefficient (Wildman–Crippen LogP) is 0.999. The third-order valence-electron chi connectivity index (χ3n) is 7.74. The molecule has 2 fully saturated rings. The van der Waals surface area contributed by atoms with E-state index < -0.39 is 11.6 Å². The van der Waals surface area contributed by atoms with E-state index >= 15 is 0 Å². The topological polar surface area (TPSA) is 140 Å². The van der Waals surface area contributed by atoms with Crippen LogP contribution in [0.25, 0.3) is 5.69 Å². The predicted molar refractivity (Wildman–Crippen MR) is 158 cm³/mol. The first-order valence-corrected chi connectivity index (χ1v) is 14.7. The Morgan fingerprint density at radius 2 is 1.60 bits per heavy atom. The number of carbonyl (C=O) groups excluding carboxylic acids is 3.